The fourth-order valence-corrected chi connectivity index (χ4v) is 3.32. The minimum absolute atomic E-state index is 0. The van der Waals surface area contributed by atoms with Gasteiger partial charge in [-0.2, -0.15) is 0 Å². The maximum atomic E-state index is 12.2. The van der Waals surface area contributed by atoms with Crippen LogP contribution in [0.2, 0.25) is 0 Å². The van der Waals surface area contributed by atoms with Gasteiger partial charge in [0.2, 0.25) is 5.91 Å². The molecule has 1 amide bonds. The number of hydrogen-bond acceptors (Lipinski definition) is 3. The molecule has 1 aromatic rings. The normalized spacial score (nSPS) is 26.4. The van der Waals surface area contributed by atoms with Gasteiger partial charge in [-0.1, -0.05) is 30.3 Å². The predicted octanol–water partition coefficient (Wildman–Crippen LogP) is 2.22. The van der Waals surface area contributed by atoms with E-state index in [9.17, 15) is 4.79 Å². The highest BCUT2D eigenvalue weighted by molar-refractivity contribution is 5.85. The van der Waals surface area contributed by atoms with Crippen molar-refractivity contribution in [1.82, 2.24) is 5.32 Å². The van der Waals surface area contributed by atoms with Crippen molar-refractivity contribution >= 4 is 18.3 Å². The molecule has 3 rings (SSSR count). The third-order valence-corrected chi connectivity index (χ3v) is 4.83. The molecule has 0 spiro atoms. The summed E-state index contributed by atoms with van der Waals surface area (Å²) in [7, 11) is 0. The number of carbonyl (C=O) groups is 1. The van der Waals surface area contributed by atoms with E-state index in [2.05, 4.69) is 29.6 Å². The van der Waals surface area contributed by atoms with Crippen molar-refractivity contribution in [3.8, 4) is 0 Å². The van der Waals surface area contributed by atoms with Crippen molar-refractivity contribution in [2.45, 2.75) is 43.7 Å². The number of ether oxygens (including phenoxy) is 1. The molecule has 22 heavy (non-hydrogen) atoms. The Balaban J connectivity index is 0.00000176. The summed E-state index contributed by atoms with van der Waals surface area (Å²) in [4.78, 5) is 12.2. The van der Waals surface area contributed by atoms with E-state index in [0.29, 0.717) is 5.92 Å². The van der Waals surface area contributed by atoms with E-state index in [1.165, 1.54) is 5.56 Å². The summed E-state index contributed by atoms with van der Waals surface area (Å²) in [6.07, 6.45) is 3.84. The summed E-state index contributed by atoms with van der Waals surface area (Å²) < 4.78 is 5.32. The van der Waals surface area contributed by atoms with Crippen molar-refractivity contribution in [2.24, 2.45) is 11.7 Å². The van der Waals surface area contributed by atoms with Crippen LogP contribution in [0.4, 0.5) is 0 Å². The lowest BCUT2D eigenvalue weighted by atomic mass is 9.75. The average molecular weight is 325 g/mol. The van der Waals surface area contributed by atoms with E-state index in [1.807, 2.05) is 6.07 Å². The Hall–Kier alpha value is -1.10. The van der Waals surface area contributed by atoms with E-state index in [4.69, 9.17) is 10.5 Å². The van der Waals surface area contributed by atoms with Gasteiger partial charge in [0.15, 0.2) is 0 Å². The molecule has 1 aromatic carbocycles. The van der Waals surface area contributed by atoms with Crippen molar-refractivity contribution in [2.75, 3.05) is 13.2 Å². The van der Waals surface area contributed by atoms with Crippen molar-refractivity contribution in [1.29, 1.82) is 0 Å². The number of hydrogen-bond donors (Lipinski definition) is 2. The monoisotopic (exact) mass is 324 g/mol. The summed E-state index contributed by atoms with van der Waals surface area (Å²) in [5, 5.41) is 3.11. The van der Waals surface area contributed by atoms with Crippen LogP contribution in [0.25, 0.3) is 0 Å². The second-order valence-corrected chi connectivity index (χ2v) is 6.26. The molecular weight excluding hydrogens is 300 g/mol. The molecule has 4 nitrogen and oxygen atoms in total. The standard InChI is InChI=1S/C17H24N2O2.ClH/c18-16(13-6-8-21-9-7-13)17(20)19-15-10-14(11-15)12-4-2-1-3-5-12;/h1-5,13-16H,6-11,18H2,(H,19,20);1H. The Morgan fingerprint density at radius 1 is 1.18 bits per heavy atom. The zero-order chi connectivity index (χ0) is 14.7. The van der Waals surface area contributed by atoms with Gasteiger partial charge in [0.1, 0.15) is 0 Å². The zero-order valence-corrected chi connectivity index (χ0v) is 13.6. The van der Waals surface area contributed by atoms with Gasteiger partial charge in [0, 0.05) is 19.3 Å². The largest absolute Gasteiger partial charge is 0.381 e. The van der Waals surface area contributed by atoms with Gasteiger partial charge in [-0.05, 0) is 43.1 Å². The van der Waals surface area contributed by atoms with Gasteiger partial charge in [-0.15, -0.1) is 12.4 Å². The van der Waals surface area contributed by atoms with Gasteiger partial charge in [-0.3, -0.25) is 4.79 Å². The highest BCUT2D eigenvalue weighted by Crippen LogP contribution is 2.36. The second kappa shape index (κ2) is 7.95. The lowest BCUT2D eigenvalue weighted by Crippen LogP contribution is -2.52. The minimum Gasteiger partial charge on any atom is -0.381 e. The molecule has 1 aliphatic carbocycles. The van der Waals surface area contributed by atoms with Crippen molar-refractivity contribution in [3.63, 3.8) is 0 Å². The first-order valence-corrected chi connectivity index (χ1v) is 7.92. The fraction of sp³-hybridized carbons (Fsp3) is 0.588. The quantitative estimate of drug-likeness (QED) is 0.892. The van der Waals surface area contributed by atoms with Crippen LogP contribution >= 0.6 is 12.4 Å². The number of halogens is 1. The smallest absolute Gasteiger partial charge is 0.237 e. The van der Waals surface area contributed by atoms with Crippen LogP contribution in [0, 0.1) is 5.92 Å². The second-order valence-electron chi connectivity index (χ2n) is 6.26. The van der Waals surface area contributed by atoms with E-state index < -0.39 is 0 Å². The fourth-order valence-electron chi connectivity index (χ4n) is 3.32. The van der Waals surface area contributed by atoms with Crippen molar-refractivity contribution < 1.29 is 9.53 Å². The maximum absolute atomic E-state index is 12.2. The summed E-state index contributed by atoms with van der Waals surface area (Å²) in [6.45, 7) is 1.45. The van der Waals surface area contributed by atoms with Crippen LogP contribution in [0.3, 0.4) is 0 Å². The highest BCUT2D eigenvalue weighted by atomic mass is 35.5. The Morgan fingerprint density at radius 2 is 1.82 bits per heavy atom. The van der Waals surface area contributed by atoms with Crippen LogP contribution in [0.1, 0.15) is 37.2 Å². The van der Waals surface area contributed by atoms with E-state index >= 15 is 0 Å². The van der Waals surface area contributed by atoms with Gasteiger partial charge in [0.25, 0.3) is 0 Å². The zero-order valence-electron chi connectivity index (χ0n) is 12.7. The minimum atomic E-state index is -0.385. The molecule has 0 bridgehead atoms. The maximum Gasteiger partial charge on any atom is 0.237 e. The molecule has 5 heteroatoms. The lowest BCUT2D eigenvalue weighted by molar-refractivity contribution is -0.125. The Bertz CT molecular complexity index is 471. The Labute approximate surface area is 138 Å². The average Bonchev–Trinajstić information content (AvgIpc) is 2.51. The Morgan fingerprint density at radius 3 is 2.45 bits per heavy atom. The van der Waals surface area contributed by atoms with Gasteiger partial charge >= 0.3 is 0 Å². The molecule has 2 fully saturated rings. The van der Waals surface area contributed by atoms with E-state index in [-0.39, 0.29) is 36.3 Å². The molecule has 122 valence electrons. The topological polar surface area (TPSA) is 64.4 Å². The first-order chi connectivity index (χ1) is 10.2. The van der Waals surface area contributed by atoms with Crippen LogP contribution in [-0.4, -0.2) is 31.2 Å². The number of amides is 1. The van der Waals surface area contributed by atoms with Crippen LogP contribution in [0.5, 0.6) is 0 Å². The number of carbonyl (C=O) groups excluding carboxylic acids is 1. The summed E-state index contributed by atoms with van der Waals surface area (Å²) in [6, 6.07) is 10.4. The summed E-state index contributed by atoms with van der Waals surface area (Å²) in [5.41, 5.74) is 7.47. The van der Waals surface area contributed by atoms with Crippen molar-refractivity contribution in [3.05, 3.63) is 35.9 Å². The molecule has 3 N–H and O–H groups in total. The van der Waals surface area contributed by atoms with Gasteiger partial charge < -0.3 is 15.8 Å². The third kappa shape index (κ3) is 4.00. The van der Waals surface area contributed by atoms with Gasteiger partial charge in [0.05, 0.1) is 6.04 Å². The van der Waals surface area contributed by atoms with E-state index in [1.54, 1.807) is 0 Å². The molecule has 1 atom stereocenters. The first-order valence-electron chi connectivity index (χ1n) is 7.92. The van der Waals surface area contributed by atoms with E-state index in [0.717, 1.165) is 38.9 Å². The van der Waals surface area contributed by atoms with Crippen LogP contribution in [0.15, 0.2) is 30.3 Å². The lowest BCUT2D eigenvalue weighted by Gasteiger charge is -2.37. The molecule has 1 saturated heterocycles. The molecule has 0 aromatic heterocycles. The number of nitrogens with two attached hydrogens (primary N) is 1. The Kier molecular flexibility index (Phi) is 6.24. The SMILES string of the molecule is Cl.NC(C(=O)NC1CC(c2ccccc2)C1)C1CCOCC1. The summed E-state index contributed by atoms with van der Waals surface area (Å²) in [5.74, 6) is 0.859. The molecule has 1 heterocycles. The molecule has 1 saturated carbocycles. The third-order valence-electron chi connectivity index (χ3n) is 4.83. The highest BCUT2D eigenvalue weighted by Gasteiger charge is 2.34. The predicted molar refractivity (Wildman–Crippen MR) is 89.1 cm³/mol. The molecule has 2 aliphatic rings. The molecular formula is C17H25ClN2O2. The van der Waals surface area contributed by atoms with Crippen LogP contribution in [-0.2, 0) is 9.53 Å². The molecule has 1 aliphatic heterocycles. The number of nitrogens with one attached hydrogen (secondary N) is 1. The van der Waals surface area contributed by atoms with Gasteiger partial charge in [-0.25, -0.2) is 0 Å². The molecule has 1 unspecified atom stereocenters. The number of benzene rings is 1. The van der Waals surface area contributed by atoms with Crippen LogP contribution < -0.4 is 11.1 Å². The summed E-state index contributed by atoms with van der Waals surface area (Å²) >= 11 is 0. The first kappa shape index (κ1) is 17.3. The number of rotatable bonds is 4. The molecule has 0 radical (unpaired) electrons.